The smallest absolute Gasteiger partial charge is 0.268 e. The molecule has 3 nitrogen and oxygen atoms in total. The predicted octanol–water partition coefficient (Wildman–Crippen LogP) is 3.32. The lowest BCUT2D eigenvalue weighted by molar-refractivity contribution is 1.16. The van der Waals surface area contributed by atoms with Crippen LogP contribution < -0.4 is 5.56 Å². The summed E-state index contributed by atoms with van der Waals surface area (Å²) in [5, 5.41) is 2.58. The number of fused-ring (bicyclic) bond motifs is 1. The molecule has 0 N–H and O–H groups in total. The minimum Gasteiger partial charge on any atom is -0.268 e. The first-order valence-corrected chi connectivity index (χ1v) is 6.83. The molecule has 3 aromatic rings. The quantitative estimate of drug-likeness (QED) is 0.629. The Morgan fingerprint density at radius 3 is 2.71 bits per heavy atom. The third kappa shape index (κ3) is 1.79. The molecule has 0 saturated carbocycles. The molecule has 0 bridgehead atoms. The van der Waals surface area contributed by atoms with E-state index in [0.717, 1.165) is 10.4 Å². The van der Waals surface area contributed by atoms with E-state index in [-0.39, 0.29) is 5.56 Å². The third-order valence-corrected chi connectivity index (χ3v) is 4.18. The predicted molar refractivity (Wildman–Crippen MR) is 78.7 cm³/mol. The summed E-state index contributed by atoms with van der Waals surface area (Å²) in [5.41, 5.74) is 0.949. The van der Waals surface area contributed by atoms with Crippen molar-refractivity contribution in [2.24, 2.45) is 0 Å². The van der Waals surface area contributed by atoms with Gasteiger partial charge in [-0.15, -0.1) is 11.3 Å². The zero-order valence-corrected chi connectivity index (χ0v) is 11.6. The largest absolute Gasteiger partial charge is 0.271 e. The molecule has 0 atom stereocenters. The standard InChI is InChI=1S/C12H7IN2OS/c13-15-10(8-4-2-1-3-5-8)14-11-9(12(15)16)6-7-17-11/h1-7H. The number of hydrogen-bond donors (Lipinski definition) is 0. The van der Waals surface area contributed by atoms with Crippen LogP contribution in [0.15, 0.2) is 46.6 Å². The van der Waals surface area contributed by atoms with Crippen molar-refractivity contribution in [3.63, 3.8) is 0 Å². The highest BCUT2D eigenvalue weighted by atomic mass is 127. The molecule has 0 saturated heterocycles. The normalized spacial score (nSPS) is 10.9. The summed E-state index contributed by atoms with van der Waals surface area (Å²) in [6, 6.07) is 11.6. The first kappa shape index (κ1) is 10.9. The molecule has 3 rings (SSSR count). The number of thiophene rings is 1. The van der Waals surface area contributed by atoms with Crippen LogP contribution in [0.4, 0.5) is 0 Å². The zero-order chi connectivity index (χ0) is 11.8. The van der Waals surface area contributed by atoms with Gasteiger partial charge < -0.3 is 0 Å². The Bertz CT molecular complexity index is 733. The molecular formula is C12H7IN2OS. The molecular weight excluding hydrogens is 347 g/mol. The highest BCUT2D eigenvalue weighted by molar-refractivity contribution is 14.1. The third-order valence-electron chi connectivity index (χ3n) is 2.48. The highest BCUT2D eigenvalue weighted by Gasteiger charge is 2.11. The maximum absolute atomic E-state index is 12.1. The monoisotopic (exact) mass is 354 g/mol. The molecule has 0 aliphatic rings. The van der Waals surface area contributed by atoms with Crippen molar-refractivity contribution in [3.8, 4) is 11.4 Å². The van der Waals surface area contributed by atoms with Gasteiger partial charge in [-0.3, -0.25) is 4.79 Å². The van der Waals surface area contributed by atoms with Gasteiger partial charge in [-0.25, -0.2) is 7.76 Å². The van der Waals surface area contributed by atoms with Gasteiger partial charge in [0.15, 0.2) is 5.82 Å². The fourth-order valence-corrected chi connectivity index (χ4v) is 3.06. The van der Waals surface area contributed by atoms with Gasteiger partial charge in [-0.1, -0.05) is 30.3 Å². The van der Waals surface area contributed by atoms with Crippen molar-refractivity contribution in [2.75, 3.05) is 0 Å². The molecule has 0 spiro atoms. The molecule has 2 aromatic heterocycles. The maximum atomic E-state index is 12.1. The lowest BCUT2D eigenvalue weighted by Gasteiger charge is -2.05. The maximum Gasteiger partial charge on any atom is 0.271 e. The molecule has 17 heavy (non-hydrogen) atoms. The Hall–Kier alpha value is -1.21. The molecule has 1 aromatic carbocycles. The SMILES string of the molecule is O=c1c2ccsc2nc(-c2ccccc2)n1I. The minimum absolute atomic E-state index is 0.00398. The fraction of sp³-hybridized carbons (Fsp3) is 0. The summed E-state index contributed by atoms with van der Waals surface area (Å²) in [7, 11) is 0. The molecule has 0 unspecified atom stereocenters. The van der Waals surface area contributed by atoms with Crippen molar-refractivity contribution in [3.05, 3.63) is 52.1 Å². The van der Waals surface area contributed by atoms with E-state index in [0.29, 0.717) is 11.2 Å². The Labute approximate surface area is 115 Å². The van der Waals surface area contributed by atoms with Gasteiger partial charge in [0.25, 0.3) is 5.56 Å². The van der Waals surface area contributed by atoms with E-state index in [1.165, 1.54) is 11.3 Å². The number of benzene rings is 1. The lowest BCUT2D eigenvalue weighted by atomic mass is 10.2. The van der Waals surface area contributed by atoms with Crippen LogP contribution in [-0.4, -0.2) is 7.76 Å². The van der Waals surface area contributed by atoms with Crippen LogP contribution in [-0.2, 0) is 0 Å². The van der Waals surface area contributed by atoms with Crippen LogP contribution in [0, 0.1) is 0 Å². The van der Waals surface area contributed by atoms with Gasteiger partial charge in [0.1, 0.15) is 4.83 Å². The summed E-state index contributed by atoms with van der Waals surface area (Å²) in [6.07, 6.45) is 0. The van der Waals surface area contributed by atoms with E-state index in [2.05, 4.69) is 4.98 Å². The second-order valence-electron chi connectivity index (χ2n) is 3.53. The number of rotatable bonds is 1. The fourth-order valence-electron chi connectivity index (χ4n) is 1.66. The molecule has 0 aliphatic carbocycles. The second kappa shape index (κ2) is 4.23. The molecule has 5 heteroatoms. The highest BCUT2D eigenvalue weighted by Crippen LogP contribution is 2.22. The first-order valence-electron chi connectivity index (χ1n) is 4.99. The van der Waals surface area contributed by atoms with E-state index in [1.54, 1.807) is 2.78 Å². The Morgan fingerprint density at radius 2 is 1.94 bits per heavy atom. The van der Waals surface area contributed by atoms with Gasteiger partial charge >= 0.3 is 0 Å². The Balaban J connectivity index is 2.38. The van der Waals surface area contributed by atoms with E-state index in [9.17, 15) is 4.79 Å². The van der Waals surface area contributed by atoms with Gasteiger partial charge in [-0.2, -0.15) is 0 Å². The second-order valence-corrected chi connectivity index (χ2v) is 5.39. The van der Waals surface area contributed by atoms with Crippen molar-refractivity contribution in [1.29, 1.82) is 0 Å². The number of aromatic nitrogens is 2. The lowest BCUT2D eigenvalue weighted by Crippen LogP contribution is -2.14. The van der Waals surface area contributed by atoms with Crippen LogP contribution in [0.2, 0.25) is 0 Å². The van der Waals surface area contributed by atoms with Crippen molar-refractivity contribution in [1.82, 2.24) is 7.76 Å². The van der Waals surface area contributed by atoms with Crippen LogP contribution in [0.3, 0.4) is 0 Å². The summed E-state index contributed by atoms with van der Waals surface area (Å²) in [4.78, 5) is 17.4. The van der Waals surface area contributed by atoms with Crippen LogP contribution >= 0.6 is 34.2 Å². The van der Waals surface area contributed by atoms with Crippen molar-refractivity contribution in [2.45, 2.75) is 0 Å². The van der Waals surface area contributed by atoms with Crippen LogP contribution in [0.5, 0.6) is 0 Å². The topological polar surface area (TPSA) is 34.9 Å². The molecule has 0 aliphatic heterocycles. The molecule has 0 radical (unpaired) electrons. The van der Waals surface area contributed by atoms with Crippen molar-refractivity contribution >= 4 is 44.4 Å². The molecule has 0 fully saturated rings. The summed E-state index contributed by atoms with van der Waals surface area (Å²) < 4.78 is 1.57. The minimum atomic E-state index is -0.00398. The summed E-state index contributed by atoms with van der Waals surface area (Å²) in [6.45, 7) is 0. The Kier molecular flexibility index (Phi) is 2.71. The molecule has 84 valence electrons. The Morgan fingerprint density at radius 1 is 1.18 bits per heavy atom. The average Bonchev–Trinajstić information content (AvgIpc) is 2.83. The van der Waals surface area contributed by atoms with Crippen LogP contribution in [0.25, 0.3) is 21.6 Å². The van der Waals surface area contributed by atoms with E-state index >= 15 is 0 Å². The number of halogens is 1. The van der Waals surface area contributed by atoms with Crippen molar-refractivity contribution < 1.29 is 0 Å². The van der Waals surface area contributed by atoms with Gasteiger partial charge in [0, 0.05) is 5.56 Å². The zero-order valence-electron chi connectivity index (χ0n) is 8.63. The van der Waals surface area contributed by atoms with Gasteiger partial charge in [0.05, 0.1) is 28.3 Å². The van der Waals surface area contributed by atoms with Gasteiger partial charge in [0.2, 0.25) is 0 Å². The van der Waals surface area contributed by atoms with E-state index < -0.39 is 0 Å². The first-order chi connectivity index (χ1) is 8.27. The van der Waals surface area contributed by atoms with Gasteiger partial charge in [-0.05, 0) is 11.4 Å². The van der Waals surface area contributed by atoms with Crippen LogP contribution in [0.1, 0.15) is 0 Å². The summed E-state index contributed by atoms with van der Waals surface area (Å²) >= 11 is 3.49. The number of hydrogen-bond acceptors (Lipinski definition) is 3. The number of nitrogens with zero attached hydrogens (tertiary/aromatic N) is 2. The molecule has 2 heterocycles. The van der Waals surface area contributed by atoms with E-state index in [4.69, 9.17) is 0 Å². The molecule has 0 amide bonds. The van der Waals surface area contributed by atoms with E-state index in [1.807, 2.05) is 64.6 Å². The summed E-state index contributed by atoms with van der Waals surface area (Å²) in [5.74, 6) is 0.700. The average molecular weight is 354 g/mol.